The van der Waals surface area contributed by atoms with Crippen LogP contribution in [0.5, 0.6) is 0 Å². The Morgan fingerprint density at radius 2 is 2.13 bits per heavy atom. The van der Waals surface area contributed by atoms with Crippen LogP contribution in [0, 0.1) is 5.41 Å². The first-order valence-corrected chi connectivity index (χ1v) is 10.0. The number of carbonyl (C=O) groups excluding carboxylic acids is 1. The molecule has 3 rings (SSSR count). The first-order chi connectivity index (χ1) is 10.7. The smallest absolute Gasteiger partial charge is 0.224 e. The summed E-state index contributed by atoms with van der Waals surface area (Å²) in [6.45, 7) is 3.91. The molecule has 23 heavy (non-hydrogen) atoms. The van der Waals surface area contributed by atoms with E-state index in [1.165, 1.54) is 31.4 Å². The summed E-state index contributed by atoms with van der Waals surface area (Å²) in [6.07, 6.45) is 7.11. The van der Waals surface area contributed by atoms with Crippen molar-refractivity contribution in [2.45, 2.75) is 63.6 Å². The molecule has 3 atom stereocenters. The van der Waals surface area contributed by atoms with Crippen molar-refractivity contribution in [3.63, 3.8) is 0 Å². The predicted molar refractivity (Wildman–Crippen MR) is 98.5 cm³/mol. The summed E-state index contributed by atoms with van der Waals surface area (Å²) >= 11 is 1.96. The Balaban J connectivity index is 0.00000192. The normalized spacial score (nSPS) is 32.2. The van der Waals surface area contributed by atoms with Crippen LogP contribution in [-0.4, -0.2) is 60.7 Å². The molecule has 6 heteroatoms. The number of halogens is 1. The minimum atomic E-state index is 0. The second kappa shape index (κ2) is 8.41. The highest BCUT2D eigenvalue weighted by atomic mass is 35.5. The predicted octanol–water partition coefficient (Wildman–Crippen LogP) is 2.70. The van der Waals surface area contributed by atoms with Gasteiger partial charge in [-0.2, -0.15) is 11.8 Å². The van der Waals surface area contributed by atoms with E-state index >= 15 is 0 Å². The molecular formula is C17H31ClN2O2S. The third-order valence-electron chi connectivity index (χ3n) is 5.92. The highest BCUT2D eigenvalue weighted by molar-refractivity contribution is 7.99. The highest BCUT2D eigenvalue weighted by Crippen LogP contribution is 2.56. The van der Waals surface area contributed by atoms with Crippen molar-refractivity contribution in [3.05, 3.63) is 0 Å². The van der Waals surface area contributed by atoms with Crippen molar-refractivity contribution >= 4 is 30.1 Å². The summed E-state index contributed by atoms with van der Waals surface area (Å²) in [4.78, 5) is 14.7. The van der Waals surface area contributed by atoms with Crippen molar-refractivity contribution in [2.24, 2.45) is 5.41 Å². The summed E-state index contributed by atoms with van der Waals surface area (Å²) in [5.41, 5.74) is 0.259. The summed E-state index contributed by atoms with van der Waals surface area (Å²) in [7, 11) is 2.02. The van der Waals surface area contributed by atoms with Crippen LogP contribution in [0.15, 0.2) is 0 Å². The van der Waals surface area contributed by atoms with E-state index in [9.17, 15) is 4.79 Å². The lowest BCUT2D eigenvalue weighted by molar-refractivity contribution is -0.172. The van der Waals surface area contributed by atoms with Gasteiger partial charge in [-0.15, -0.1) is 12.4 Å². The fourth-order valence-electron chi connectivity index (χ4n) is 4.67. The van der Waals surface area contributed by atoms with Gasteiger partial charge in [0, 0.05) is 55.6 Å². The fraction of sp³-hybridized carbons (Fsp3) is 0.941. The van der Waals surface area contributed by atoms with E-state index in [2.05, 4.69) is 17.1 Å². The van der Waals surface area contributed by atoms with E-state index in [-0.39, 0.29) is 17.8 Å². The number of rotatable bonds is 5. The van der Waals surface area contributed by atoms with Crippen LogP contribution < -0.4 is 5.32 Å². The molecule has 1 N–H and O–H groups in total. The van der Waals surface area contributed by atoms with Gasteiger partial charge in [-0.3, -0.25) is 4.79 Å². The minimum Gasteiger partial charge on any atom is -0.378 e. The molecule has 2 saturated carbocycles. The summed E-state index contributed by atoms with van der Waals surface area (Å²) in [6, 6.07) is 0.756. The van der Waals surface area contributed by atoms with Gasteiger partial charge in [-0.25, -0.2) is 0 Å². The van der Waals surface area contributed by atoms with E-state index in [0.717, 1.165) is 25.3 Å². The average molecular weight is 363 g/mol. The van der Waals surface area contributed by atoms with E-state index in [4.69, 9.17) is 4.74 Å². The number of hydrogen-bond donors (Lipinski definition) is 1. The van der Waals surface area contributed by atoms with Crippen molar-refractivity contribution in [2.75, 3.05) is 31.7 Å². The average Bonchev–Trinajstić information content (AvgIpc) is 3.04. The molecule has 3 unspecified atom stereocenters. The largest absolute Gasteiger partial charge is 0.378 e. The molecule has 1 aliphatic heterocycles. The van der Waals surface area contributed by atoms with Gasteiger partial charge in [0.25, 0.3) is 0 Å². The Morgan fingerprint density at radius 3 is 2.74 bits per heavy atom. The van der Waals surface area contributed by atoms with Gasteiger partial charge in [-0.05, 0) is 26.2 Å². The van der Waals surface area contributed by atoms with Gasteiger partial charge >= 0.3 is 0 Å². The Hall–Kier alpha value is 0.0300. The monoisotopic (exact) mass is 362 g/mol. The van der Waals surface area contributed by atoms with E-state index in [0.29, 0.717) is 30.5 Å². The molecule has 0 bridgehead atoms. The topological polar surface area (TPSA) is 41.6 Å². The van der Waals surface area contributed by atoms with E-state index in [1.54, 1.807) is 0 Å². The fourth-order valence-corrected chi connectivity index (χ4v) is 5.62. The molecule has 1 spiro atoms. The molecule has 4 nitrogen and oxygen atoms in total. The lowest BCUT2D eigenvalue weighted by Gasteiger charge is -2.57. The molecule has 0 aromatic carbocycles. The number of nitrogens with zero attached hydrogens (tertiary/aromatic N) is 1. The van der Waals surface area contributed by atoms with Gasteiger partial charge < -0.3 is 15.0 Å². The highest BCUT2D eigenvalue weighted by Gasteiger charge is 2.58. The number of amides is 1. The quantitative estimate of drug-likeness (QED) is 0.816. The van der Waals surface area contributed by atoms with Crippen molar-refractivity contribution < 1.29 is 9.53 Å². The number of hydrogen-bond acceptors (Lipinski definition) is 4. The second-order valence-electron chi connectivity index (χ2n) is 7.07. The second-order valence-corrected chi connectivity index (χ2v) is 8.22. The summed E-state index contributed by atoms with van der Waals surface area (Å²) < 4.78 is 5.97. The van der Waals surface area contributed by atoms with Crippen LogP contribution in [0.4, 0.5) is 0 Å². The third-order valence-corrected chi connectivity index (χ3v) is 7.06. The standard InChI is InChI=1S/C17H30N2O2S.ClH/c1-3-21-15-11-14(17(15)6-4-5-7-17)19(2)16(20)10-13-12-22-9-8-18-13;/h13-15,18H,3-12H2,1-2H3;1H. The number of nitrogens with one attached hydrogen (secondary N) is 1. The summed E-state index contributed by atoms with van der Waals surface area (Å²) in [5, 5.41) is 3.48. The Labute approximate surface area is 150 Å². The molecule has 1 amide bonds. The van der Waals surface area contributed by atoms with Crippen molar-refractivity contribution in [3.8, 4) is 0 Å². The molecule has 134 valence electrons. The van der Waals surface area contributed by atoms with Crippen LogP contribution in [-0.2, 0) is 9.53 Å². The van der Waals surface area contributed by atoms with Crippen LogP contribution in [0.2, 0.25) is 0 Å². The maximum atomic E-state index is 12.7. The van der Waals surface area contributed by atoms with Crippen LogP contribution in [0.25, 0.3) is 0 Å². The lowest BCUT2D eigenvalue weighted by Crippen LogP contribution is -2.64. The minimum absolute atomic E-state index is 0. The van der Waals surface area contributed by atoms with Gasteiger partial charge in [0.15, 0.2) is 0 Å². The molecule has 3 aliphatic rings. The molecule has 0 aromatic heterocycles. The van der Waals surface area contributed by atoms with Crippen LogP contribution in [0.1, 0.15) is 45.4 Å². The zero-order valence-corrected chi connectivity index (χ0v) is 16.0. The maximum absolute atomic E-state index is 12.7. The van der Waals surface area contributed by atoms with Gasteiger partial charge in [0.1, 0.15) is 0 Å². The maximum Gasteiger partial charge on any atom is 0.224 e. The summed E-state index contributed by atoms with van der Waals surface area (Å²) in [5.74, 6) is 2.55. The molecule has 1 heterocycles. The van der Waals surface area contributed by atoms with E-state index in [1.807, 2.05) is 18.8 Å². The molecule has 2 aliphatic carbocycles. The molecule has 0 aromatic rings. The molecular weight excluding hydrogens is 332 g/mol. The van der Waals surface area contributed by atoms with Crippen LogP contribution >= 0.6 is 24.2 Å². The van der Waals surface area contributed by atoms with Gasteiger partial charge in [-0.1, -0.05) is 12.8 Å². The number of carbonyl (C=O) groups is 1. The van der Waals surface area contributed by atoms with Crippen molar-refractivity contribution in [1.82, 2.24) is 10.2 Å². The van der Waals surface area contributed by atoms with E-state index < -0.39 is 0 Å². The van der Waals surface area contributed by atoms with Crippen molar-refractivity contribution in [1.29, 1.82) is 0 Å². The first-order valence-electron chi connectivity index (χ1n) is 8.86. The molecule has 0 radical (unpaired) electrons. The van der Waals surface area contributed by atoms with Gasteiger partial charge in [0.05, 0.1) is 6.10 Å². The third kappa shape index (κ3) is 3.83. The molecule has 3 fully saturated rings. The Kier molecular flexibility index (Phi) is 7.08. The lowest BCUT2D eigenvalue weighted by atomic mass is 9.60. The first kappa shape index (κ1) is 19.4. The Bertz CT molecular complexity index is 398. The zero-order valence-electron chi connectivity index (χ0n) is 14.4. The van der Waals surface area contributed by atoms with Crippen LogP contribution in [0.3, 0.4) is 0 Å². The Morgan fingerprint density at radius 1 is 1.39 bits per heavy atom. The zero-order chi connectivity index (χ0) is 15.6. The van der Waals surface area contributed by atoms with Gasteiger partial charge in [0.2, 0.25) is 5.91 Å². The molecule has 1 saturated heterocycles. The number of thioether (sulfide) groups is 1. The number of ether oxygens (including phenoxy) is 1. The SMILES string of the molecule is CCOC1CC(N(C)C(=O)CC2CSCCN2)C12CCCC2.Cl.